The summed E-state index contributed by atoms with van der Waals surface area (Å²) in [4.78, 5) is 27.2. The lowest BCUT2D eigenvalue weighted by molar-refractivity contribution is -0.114. The highest BCUT2D eigenvalue weighted by Crippen LogP contribution is 2.28. The molecule has 1 aromatic carbocycles. The Morgan fingerprint density at radius 1 is 1.07 bits per heavy atom. The second kappa shape index (κ2) is 8.71. The van der Waals surface area contributed by atoms with Crippen molar-refractivity contribution in [1.82, 2.24) is 9.29 Å². The van der Waals surface area contributed by atoms with Crippen molar-refractivity contribution in [2.75, 3.05) is 28.4 Å². The Morgan fingerprint density at radius 3 is 2.37 bits per heavy atom. The number of benzene rings is 1. The van der Waals surface area contributed by atoms with E-state index in [9.17, 15) is 26.8 Å². The highest BCUT2D eigenvalue weighted by Gasteiger charge is 2.27. The van der Waals surface area contributed by atoms with Crippen molar-refractivity contribution < 1.29 is 26.8 Å². The standard InChI is InChI=1S/C18H19F2N5O4S/c1-11(26)22-15-7-4-12(10-21-15)18(27)23-17-13(19)5-6-14(16(17)20)24-30(28,29)25-8-2-3-9-25/h4-7,10,24H,2-3,8-9H2,1H3,(H,23,27)(H,21,22,26). The molecule has 160 valence electrons. The third-order valence-electron chi connectivity index (χ3n) is 4.30. The van der Waals surface area contributed by atoms with Crippen molar-refractivity contribution in [1.29, 1.82) is 0 Å². The summed E-state index contributed by atoms with van der Waals surface area (Å²) >= 11 is 0. The van der Waals surface area contributed by atoms with Crippen molar-refractivity contribution in [2.45, 2.75) is 19.8 Å². The van der Waals surface area contributed by atoms with Crippen LogP contribution in [0.4, 0.5) is 26.0 Å². The number of nitrogens with one attached hydrogen (secondary N) is 3. The Labute approximate surface area is 171 Å². The number of hydrogen-bond acceptors (Lipinski definition) is 5. The van der Waals surface area contributed by atoms with Gasteiger partial charge in [0.05, 0.1) is 11.3 Å². The van der Waals surface area contributed by atoms with Gasteiger partial charge in [-0.15, -0.1) is 0 Å². The van der Waals surface area contributed by atoms with E-state index < -0.39 is 39.1 Å². The van der Waals surface area contributed by atoms with Crippen LogP contribution in [0.5, 0.6) is 0 Å². The van der Waals surface area contributed by atoms with Crippen molar-refractivity contribution in [2.24, 2.45) is 0 Å². The smallest absolute Gasteiger partial charge is 0.301 e. The maximum Gasteiger partial charge on any atom is 0.301 e. The van der Waals surface area contributed by atoms with Gasteiger partial charge in [-0.3, -0.25) is 14.3 Å². The fraction of sp³-hybridized carbons (Fsp3) is 0.278. The van der Waals surface area contributed by atoms with E-state index >= 15 is 0 Å². The molecule has 0 unspecified atom stereocenters. The minimum atomic E-state index is -4.00. The molecule has 1 aromatic heterocycles. The Kier molecular flexibility index (Phi) is 6.27. The number of pyridine rings is 1. The highest BCUT2D eigenvalue weighted by atomic mass is 32.2. The van der Waals surface area contributed by atoms with Gasteiger partial charge >= 0.3 is 10.2 Å². The summed E-state index contributed by atoms with van der Waals surface area (Å²) < 4.78 is 56.8. The fourth-order valence-electron chi connectivity index (χ4n) is 2.85. The van der Waals surface area contributed by atoms with Crippen molar-refractivity contribution in [3.05, 3.63) is 47.7 Å². The van der Waals surface area contributed by atoms with Gasteiger partial charge < -0.3 is 10.6 Å². The molecule has 3 N–H and O–H groups in total. The number of nitrogens with zero attached hydrogens (tertiary/aromatic N) is 2. The maximum atomic E-state index is 14.8. The Balaban J connectivity index is 1.79. The Bertz CT molecular complexity index is 1070. The second-order valence-electron chi connectivity index (χ2n) is 6.56. The number of carbonyl (C=O) groups is 2. The van der Waals surface area contributed by atoms with Crippen LogP contribution in [0.2, 0.25) is 0 Å². The summed E-state index contributed by atoms with van der Waals surface area (Å²) in [6, 6.07) is 4.45. The molecule has 1 fully saturated rings. The normalized spacial score (nSPS) is 14.4. The third kappa shape index (κ3) is 4.89. The highest BCUT2D eigenvalue weighted by molar-refractivity contribution is 7.90. The van der Waals surface area contributed by atoms with Crippen LogP contribution >= 0.6 is 0 Å². The zero-order chi connectivity index (χ0) is 21.9. The molecule has 1 aliphatic heterocycles. The van der Waals surface area contributed by atoms with Gasteiger partial charge in [-0.05, 0) is 37.1 Å². The van der Waals surface area contributed by atoms with Gasteiger partial charge in [0.25, 0.3) is 5.91 Å². The fourth-order valence-corrected chi connectivity index (χ4v) is 4.15. The molecule has 9 nitrogen and oxygen atoms in total. The number of amides is 2. The van der Waals surface area contributed by atoms with Crippen LogP contribution in [0, 0.1) is 11.6 Å². The first-order valence-electron chi connectivity index (χ1n) is 8.98. The number of aromatic nitrogens is 1. The third-order valence-corrected chi connectivity index (χ3v) is 5.83. The van der Waals surface area contributed by atoms with Gasteiger partial charge in [-0.2, -0.15) is 12.7 Å². The predicted molar refractivity (Wildman–Crippen MR) is 106 cm³/mol. The van der Waals surface area contributed by atoms with Crippen LogP contribution in [-0.4, -0.2) is 42.6 Å². The van der Waals surface area contributed by atoms with Crippen molar-refractivity contribution in [3.63, 3.8) is 0 Å². The first kappa shape index (κ1) is 21.6. The van der Waals surface area contributed by atoms with E-state index in [0.29, 0.717) is 25.9 Å². The first-order valence-corrected chi connectivity index (χ1v) is 10.4. The molecule has 0 radical (unpaired) electrons. The molecule has 1 saturated heterocycles. The molecule has 0 spiro atoms. The number of halogens is 2. The molecular weight excluding hydrogens is 420 g/mol. The van der Waals surface area contributed by atoms with E-state index in [1.54, 1.807) is 0 Å². The lowest BCUT2D eigenvalue weighted by Gasteiger charge is -2.18. The minimum absolute atomic E-state index is 0.0223. The van der Waals surface area contributed by atoms with E-state index in [1.807, 2.05) is 0 Å². The van der Waals surface area contributed by atoms with Gasteiger partial charge in [-0.1, -0.05) is 0 Å². The van der Waals surface area contributed by atoms with Crippen LogP contribution in [0.3, 0.4) is 0 Å². The van der Waals surface area contributed by atoms with Gasteiger partial charge in [-0.25, -0.2) is 13.8 Å². The molecule has 2 heterocycles. The van der Waals surface area contributed by atoms with Crippen LogP contribution in [0.25, 0.3) is 0 Å². The quantitative estimate of drug-likeness (QED) is 0.638. The molecule has 2 amide bonds. The first-order chi connectivity index (χ1) is 14.2. The maximum absolute atomic E-state index is 14.8. The average Bonchev–Trinajstić information content (AvgIpc) is 3.23. The lowest BCUT2D eigenvalue weighted by Crippen LogP contribution is -2.33. The van der Waals surface area contributed by atoms with Gasteiger partial charge in [0, 0.05) is 26.2 Å². The van der Waals surface area contributed by atoms with E-state index in [1.165, 1.54) is 19.1 Å². The molecule has 2 aromatic rings. The van der Waals surface area contributed by atoms with Crippen LogP contribution in [-0.2, 0) is 15.0 Å². The van der Waals surface area contributed by atoms with Crippen molar-refractivity contribution >= 4 is 39.2 Å². The molecular formula is C18H19F2N5O4S. The molecule has 0 bridgehead atoms. The molecule has 0 saturated carbocycles. The monoisotopic (exact) mass is 439 g/mol. The molecule has 1 aliphatic rings. The number of rotatable bonds is 6. The zero-order valence-electron chi connectivity index (χ0n) is 15.9. The number of hydrogen-bond donors (Lipinski definition) is 3. The summed E-state index contributed by atoms with van der Waals surface area (Å²) in [5.41, 5.74) is -1.31. The van der Waals surface area contributed by atoms with E-state index in [4.69, 9.17) is 0 Å². The second-order valence-corrected chi connectivity index (χ2v) is 8.24. The number of carbonyl (C=O) groups excluding carboxylic acids is 2. The topological polar surface area (TPSA) is 120 Å². The minimum Gasteiger partial charge on any atom is -0.317 e. The van der Waals surface area contributed by atoms with E-state index in [2.05, 4.69) is 20.3 Å². The Morgan fingerprint density at radius 2 is 1.77 bits per heavy atom. The summed E-state index contributed by atoms with van der Waals surface area (Å²) in [5, 5.41) is 4.51. The molecule has 12 heteroatoms. The Hall–Kier alpha value is -3.12. The van der Waals surface area contributed by atoms with Gasteiger partial charge in [0.15, 0.2) is 5.82 Å². The summed E-state index contributed by atoms with van der Waals surface area (Å²) in [7, 11) is -4.00. The summed E-state index contributed by atoms with van der Waals surface area (Å²) in [6.45, 7) is 1.91. The van der Waals surface area contributed by atoms with Crippen molar-refractivity contribution in [3.8, 4) is 0 Å². The molecule has 0 aliphatic carbocycles. The molecule has 3 rings (SSSR count). The molecule has 0 atom stereocenters. The van der Waals surface area contributed by atoms with Gasteiger partial charge in [0.1, 0.15) is 17.3 Å². The SMILES string of the molecule is CC(=O)Nc1ccc(C(=O)Nc2c(F)ccc(NS(=O)(=O)N3CCCC3)c2F)cn1. The average molecular weight is 439 g/mol. The van der Waals surface area contributed by atoms with Gasteiger partial charge in [0.2, 0.25) is 5.91 Å². The molecule has 30 heavy (non-hydrogen) atoms. The van der Waals surface area contributed by atoms with Crippen LogP contribution in [0.15, 0.2) is 30.5 Å². The van der Waals surface area contributed by atoms with E-state index in [0.717, 1.165) is 22.6 Å². The number of anilines is 3. The van der Waals surface area contributed by atoms with Crippen LogP contribution < -0.4 is 15.4 Å². The predicted octanol–water partition coefficient (Wildman–Crippen LogP) is 2.32. The summed E-state index contributed by atoms with van der Waals surface area (Å²) in [5.74, 6) is -3.34. The summed E-state index contributed by atoms with van der Waals surface area (Å²) in [6.07, 6.45) is 2.52. The largest absolute Gasteiger partial charge is 0.317 e. The zero-order valence-corrected chi connectivity index (χ0v) is 16.7. The van der Waals surface area contributed by atoms with E-state index in [-0.39, 0.29) is 17.3 Å². The van der Waals surface area contributed by atoms with Crippen LogP contribution in [0.1, 0.15) is 30.1 Å². The lowest BCUT2D eigenvalue weighted by atomic mass is 10.2.